The molecular formula is C17H36. The lowest BCUT2D eigenvalue weighted by Crippen LogP contribution is -2.07. The van der Waals surface area contributed by atoms with Crippen LogP contribution in [0.1, 0.15) is 98.3 Å². The van der Waals surface area contributed by atoms with Crippen LogP contribution in [-0.4, -0.2) is 0 Å². The normalized spacial score (nSPS) is 14.8. The van der Waals surface area contributed by atoms with Crippen LogP contribution in [0, 0.1) is 11.8 Å². The van der Waals surface area contributed by atoms with E-state index in [1.165, 1.54) is 70.6 Å². The molecule has 0 aliphatic heterocycles. The molecule has 0 saturated heterocycles. The summed E-state index contributed by atoms with van der Waals surface area (Å²) in [6.45, 7) is 9.41. The lowest BCUT2D eigenvalue weighted by molar-refractivity contribution is 0.322. The zero-order valence-corrected chi connectivity index (χ0v) is 12.9. The van der Waals surface area contributed by atoms with Gasteiger partial charge in [-0.1, -0.05) is 91.9 Å². The van der Waals surface area contributed by atoms with Crippen molar-refractivity contribution in [3.8, 4) is 0 Å². The zero-order chi connectivity index (χ0) is 12.9. The van der Waals surface area contributed by atoms with E-state index in [0.717, 1.165) is 11.8 Å². The van der Waals surface area contributed by atoms with E-state index >= 15 is 0 Å². The third kappa shape index (κ3) is 10.9. The third-order valence-electron chi connectivity index (χ3n) is 3.95. The van der Waals surface area contributed by atoms with Gasteiger partial charge in [0.2, 0.25) is 0 Å². The van der Waals surface area contributed by atoms with Crippen molar-refractivity contribution in [2.75, 3.05) is 0 Å². The number of hydrogen-bond acceptors (Lipinski definition) is 0. The first-order valence-corrected chi connectivity index (χ1v) is 8.24. The van der Waals surface area contributed by atoms with E-state index in [9.17, 15) is 0 Å². The summed E-state index contributed by atoms with van der Waals surface area (Å²) in [7, 11) is 0. The highest BCUT2D eigenvalue weighted by molar-refractivity contribution is 4.64. The lowest BCUT2D eigenvalue weighted by atomic mass is 9.86. The van der Waals surface area contributed by atoms with E-state index in [-0.39, 0.29) is 0 Å². The van der Waals surface area contributed by atoms with Crippen molar-refractivity contribution in [3.05, 3.63) is 0 Å². The molecule has 0 aromatic heterocycles. The topological polar surface area (TPSA) is 0 Å². The van der Waals surface area contributed by atoms with Gasteiger partial charge in [-0.25, -0.2) is 0 Å². The fourth-order valence-corrected chi connectivity index (χ4v) is 2.89. The third-order valence-corrected chi connectivity index (χ3v) is 3.95. The van der Waals surface area contributed by atoms with Gasteiger partial charge in [-0.15, -0.1) is 0 Å². The molecule has 0 aliphatic carbocycles. The molecule has 0 nitrogen and oxygen atoms in total. The van der Waals surface area contributed by atoms with Crippen LogP contribution < -0.4 is 0 Å². The average molecular weight is 240 g/mol. The van der Waals surface area contributed by atoms with Crippen LogP contribution >= 0.6 is 0 Å². The van der Waals surface area contributed by atoms with Crippen LogP contribution in [0.3, 0.4) is 0 Å². The molecule has 0 bridgehead atoms. The molecule has 0 spiro atoms. The van der Waals surface area contributed by atoms with Crippen molar-refractivity contribution < 1.29 is 0 Å². The summed E-state index contributed by atoms with van der Waals surface area (Å²) in [5, 5.41) is 0. The highest BCUT2D eigenvalue weighted by atomic mass is 14.2. The van der Waals surface area contributed by atoms with Crippen LogP contribution in [-0.2, 0) is 0 Å². The van der Waals surface area contributed by atoms with E-state index in [1.807, 2.05) is 0 Å². The monoisotopic (exact) mass is 240 g/mol. The molecule has 0 aromatic carbocycles. The first kappa shape index (κ1) is 17.0. The second-order valence-corrected chi connectivity index (χ2v) is 5.99. The Morgan fingerprint density at radius 2 is 1.35 bits per heavy atom. The Labute approximate surface area is 111 Å². The van der Waals surface area contributed by atoms with Gasteiger partial charge in [-0.05, 0) is 18.3 Å². The minimum Gasteiger partial charge on any atom is -0.0654 e. The minimum absolute atomic E-state index is 0.956. The van der Waals surface area contributed by atoms with E-state index in [2.05, 4.69) is 27.7 Å². The summed E-state index contributed by atoms with van der Waals surface area (Å²) in [5.41, 5.74) is 0. The summed E-state index contributed by atoms with van der Waals surface area (Å²) in [6.07, 6.45) is 15.8. The smallest absolute Gasteiger partial charge is 0.0412 e. The maximum Gasteiger partial charge on any atom is -0.0412 e. The Morgan fingerprint density at radius 3 is 1.94 bits per heavy atom. The van der Waals surface area contributed by atoms with Crippen molar-refractivity contribution in [1.29, 1.82) is 0 Å². The van der Waals surface area contributed by atoms with E-state index in [0.29, 0.717) is 0 Å². The maximum absolute atomic E-state index is 2.46. The van der Waals surface area contributed by atoms with Crippen LogP contribution in [0.15, 0.2) is 0 Å². The quantitative estimate of drug-likeness (QED) is 0.338. The highest BCUT2D eigenvalue weighted by Crippen LogP contribution is 2.26. The zero-order valence-electron chi connectivity index (χ0n) is 12.9. The Hall–Kier alpha value is 0. The van der Waals surface area contributed by atoms with Crippen molar-refractivity contribution >= 4 is 0 Å². The van der Waals surface area contributed by atoms with Crippen molar-refractivity contribution in [1.82, 2.24) is 0 Å². The molecule has 0 aliphatic rings. The SMILES string of the molecule is CCCCCCC(CCC)CC(C)CCCC. The molecule has 0 fully saturated rings. The molecule has 0 heteroatoms. The largest absolute Gasteiger partial charge is 0.0654 e. The van der Waals surface area contributed by atoms with E-state index < -0.39 is 0 Å². The first-order valence-electron chi connectivity index (χ1n) is 8.24. The van der Waals surface area contributed by atoms with Gasteiger partial charge in [0, 0.05) is 0 Å². The molecule has 0 rings (SSSR count). The molecule has 2 unspecified atom stereocenters. The molecule has 0 amide bonds. The Balaban J connectivity index is 3.71. The fourth-order valence-electron chi connectivity index (χ4n) is 2.89. The van der Waals surface area contributed by atoms with Gasteiger partial charge >= 0.3 is 0 Å². The molecule has 104 valence electrons. The second kappa shape index (κ2) is 12.5. The summed E-state index contributed by atoms with van der Waals surface area (Å²) in [4.78, 5) is 0. The second-order valence-electron chi connectivity index (χ2n) is 5.99. The molecule has 0 N–H and O–H groups in total. The number of unbranched alkanes of at least 4 members (excludes halogenated alkanes) is 4. The van der Waals surface area contributed by atoms with E-state index in [4.69, 9.17) is 0 Å². The predicted molar refractivity (Wildman–Crippen MR) is 80.5 cm³/mol. The summed E-state index contributed by atoms with van der Waals surface area (Å²) in [5.74, 6) is 1.97. The van der Waals surface area contributed by atoms with Crippen LogP contribution in [0.4, 0.5) is 0 Å². The van der Waals surface area contributed by atoms with Crippen molar-refractivity contribution in [2.45, 2.75) is 98.3 Å². The molecule has 17 heavy (non-hydrogen) atoms. The maximum atomic E-state index is 2.46. The standard InChI is InChI=1S/C17H36/c1-5-8-10-11-14-17(12-7-3)15-16(4)13-9-6-2/h16-17H,5-15H2,1-4H3. The van der Waals surface area contributed by atoms with Crippen LogP contribution in [0.5, 0.6) is 0 Å². The molecule has 0 heterocycles. The van der Waals surface area contributed by atoms with Gasteiger partial charge in [-0.3, -0.25) is 0 Å². The van der Waals surface area contributed by atoms with Gasteiger partial charge in [0.15, 0.2) is 0 Å². The Morgan fingerprint density at radius 1 is 0.647 bits per heavy atom. The molecule has 0 aromatic rings. The highest BCUT2D eigenvalue weighted by Gasteiger charge is 2.12. The van der Waals surface area contributed by atoms with Gasteiger partial charge in [0.25, 0.3) is 0 Å². The van der Waals surface area contributed by atoms with Gasteiger partial charge < -0.3 is 0 Å². The van der Waals surface area contributed by atoms with E-state index in [1.54, 1.807) is 0 Å². The van der Waals surface area contributed by atoms with Gasteiger partial charge in [-0.2, -0.15) is 0 Å². The Bertz CT molecular complexity index is 139. The Kier molecular flexibility index (Phi) is 12.5. The molecular weight excluding hydrogens is 204 g/mol. The predicted octanol–water partition coefficient (Wildman–Crippen LogP) is 6.59. The summed E-state index contributed by atoms with van der Waals surface area (Å²) >= 11 is 0. The molecule has 2 atom stereocenters. The minimum atomic E-state index is 0.956. The van der Waals surface area contributed by atoms with Crippen molar-refractivity contribution in [2.24, 2.45) is 11.8 Å². The summed E-state index contributed by atoms with van der Waals surface area (Å²) < 4.78 is 0. The first-order chi connectivity index (χ1) is 8.24. The van der Waals surface area contributed by atoms with Gasteiger partial charge in [0.05, 0.1) is 0 Å². The number of rotatable bonds is 12. The lowest BCUT2D eigenvalue weighted by Gasteiger charge is -2.20. The fraction of sp³-hybridized carbons (Fsp3) is 1.00. The number of hydrogen-bond donors (Lipinski definition) is 0. The van der Waals surface area contributed by atoms with Gasteiger partial charge in [0.1, 0.15) is 0 Å². The van der Waals surface area contributed by atoms with Crippen LogP contribution in [0.25, 0.3) is 0 Å². The average Bonchev–Trinajstić information content (AvgIpc) is 2.32. The summed E-state index contributed by atoms with van der Waals surface area (Å²) in [6, 6.07) is 0. The van der Waals surface area contributed by atoms with Crippen molar-refractivity contribution in [3.63, 3.8) is 0 Å². The molecule has 0 saturated carbocycles. The van der Waals surface area contributed by atoms with Crippen LogP contribution in [0.2, 0.25) is 0 Å². The molecule has 0 radical (unpaired) electrons.